The fraction of sp³-hybridized carbons (Fsp3) is 0.333. The molecule has 0 aliphatic carbocycles. The third-order valence-corrected chi connectivity index (χ3v) is 6.29. The summed E-state index contributed by atoms with van der Waals surface area (Å²) < 4.78 is 28.6. The number of benzene rings is 3. The van der Waals surface area contributed by atoms with Gasteiger partial charge in [0.15, 0.2) is 23.0 Å². The molecule has 2 N–H and O–H groups in total. The summed E-state index contributed by atoms with van der Waals surface area (Å²) >= 11 is 3.59. The molecule has 0 radical (unpaired) electrons. The molecule has 1 aliphatic rings. The molecule has 1 heterocycles. The van der Waals surface area contributed by atoms with Crippen LogP contribution in [0.15, 0.2) is 59.1 Å². The van der Waals surface area contributed by atoms with Gasteiger partial charge in [-0.2, -0.15) is 0 Å². The summed E-state index contributed by atoms with van der Waals surface area (Å²) in [7, 11) is 3.27. The zero-order valence-electron chi connectivity index (χ0n) is 19.9. The largest absolute Gasteiger partial charge is 0.497 e. The van der Waals surface area contributed by atoms with E-state index in [4.69, 9.17) is 23.7 Å². The number of halogens is 1. The second-order valence-corrected chi connectivity index (χ2v) is 8.97. The summed E-state index contributed by atoms with van der Waals surface area (Å²) in [6.07, 6.45) is 0.0862. The van der Waals surface area contributed by atoms with Gasteiger partial charge in [0.25, 0.3) is 0 Å². The van der Waals surface area contributed by atoms with Crippen LogP contribution in [-0.2, 0) is 13.0 Å². The van der Waals surface area contributed by atoms with Crippen LogP contribution >= 0.6 is 15.9 Å². The van der Waals surface area contributed by atoms with Gasteiger partial charge in [0.05, 0.1) is 18.7 Å². The molecule has 0 saturated carbocycles. The van der Waals surface area contributed by atoms with E-state index in [-0.39, 0.29) is 6.61 Å². The van der Waals surface area contributed by atoms with E-state index in [2.05, 4.69) is 33.4 Å². The van der Waals surface area contributed by atoms with E-state index in [9.17, 15) is 5.11 Å². The first-order valence-corrected chi connectivity index (χ1v) is 12.3. The molecule has 0 bridgehead atoms. The van der Waals surface area contributed by atoms with Crippen molar-refractivity contribution in [2.24, 2.45) is 0 Å². The maximum absolute atomic E-state index is 10.7. The number of hydrogen-bond acceptors (Lipinski definition) is 7. The van der Waals surface area contributed by atoms with Crippen molar-refractivity contribution in [2.75, 3.05) is 40.6 Å². The Balaban J connectivity index is 1.32. The molecule has 186 valence electrons. The van der Waals surface area contributed by atoms with E-state index >= 15 is 0 Å². The van der Waals surface area contributed by atoms with Gasteiger partial charge in [-0.1, -0.05) is 18.2 Å². The lowest BCUT2D eigenvalue weighted by Crippen LogP contribution is -2.17. The number of aliphatic hydroxyl groups is 1. The molecule has 0 aromatic heterocycles. The molecule has 1 atom stereocenters. The smallest absolute Gasteiger partial charge is 0.175 e. The summed E-state index contributed by atoms with van der Waals surface area (Å²) in [5, 5.41) is 14.1. The highest BCUT2D eigenvalue weighted by molar-refractivity contribution is 9.10. The molecule has 7 nitrogen and oxygen atoms in total. The maximum Gasteiger partial charge on any atom is 0.175 e. The second-order valence-electron chi connectivity index (χ2n) is 8.11. The monoisotopic (exact) mass is 543 g/mol. The van der Waals surface area contributed by atoms with E-state index in [1.54, 1.807) is 26.4 Å². The SMILES string of the molecule is COc1ccc(CCNCc2cc(Br)c(OCC(O)c3ccc4c(c3)OCCO4)c(OC)c2)cc1. The van der Waals surface area contributed by atoms with Crippen molar-refractivity contribution in [3.8, 4) is 28.7 Å². The minimum atomic E-state index is -0.832. The maximum atomic E-state index is 10.7. The number of ether oxygens (including phenoxy) is 5. The number of nitrogens with one attached hydrogen (secondary N) is 1. The number of methoxy groups -OCH3 is 2. The van der Waals surface area contributed by atoms with Gasteiger partial charge in [-0.3, -0.25) is 0 Å². The van der Waals surface area contributed by atoms with Crippen molar-refractivity contribution < 1.29 is 28.8 Å². The molecular formula is C27H30BrNO6. The van der Waals surface area contributed by atoms with Crippen LogP contribution in [0.4, 0.5) is 0 Å². The zero-order valence-corrected chi connectivity index (χ0v) is 21.5. The third kappa shape index (κ3) is 6.60. The molecule has 8 heteroatoms. The van der Waals surface area contributed by atoms with Gasteiger partial charge in [0, 0.05) is 6.54 Å². The first-order valence-electron chi connectivity index (χ1n) is 11.5. The van der Waals surface area contributed by atoms with E-state index in [1.165, 1.54) is 5.56 Å². The average Bonchev–Trinajstić information content (AvgIpc) is 2.90. The first kappa shape index (κ1) is 25.2. The van der Waals surface area contributed by atoms with Gasteiger partial charge < -0.3 is 34.1 Å². The Hall–Kier alpha value is -2.94. The second kappa shape index (κ2) is 12.2. The molecule has 0 amide bonds. The minimum Gasteiger partial charge on any atom is -0.497 e. The number of rotatable bonds is 11. The Labute approximate surface area is 214 Å². The van der Waals surface area contributed by atoms with Crippen molar-refractivity contribution in [2.45, 2.75) is 19.1 Å². The van der Waals surface area contributed by atoms with Crippen molar-refractivity contribution >= 4 is 15.9 Å². The van der Waals surface area contributed by atoms with Crippen LogP contribution in [0.2, 0.25) is 0 Å². The Morgan fingerprint density at radius 3 is 2.46 bits per heavy atom. The molecule has 35 heavy (non-hydrogen) atoms. The minimum absolute atomic E-state index is 0.0636. The molecule has 1 aliphatic heterocycles. The lowest BCUT2D eigenvalue weighted by Gasteiger charge is -2.21. The Morgan fingerprint density at radius 1 is 0.943 bits per heavy atom. The van der Waals surface area contributed by atoms with Crippen LogP contribution < -0.4 is 29.0 Å². The quantitative estimate of drug-likeness (QED) is 0.340. The molecule has 0 saturated heterocycles. The topological polar surface area (TPSA) is 78.4 Å². The van der Waals surface area contributed by atoms with E-state index in [0.717, 1.165) is 28.8 Å². The summed E-state index contributed by atoms with van der Waals surface area (Å²) in [5.41, 5.74) is 3.00. The van der Waals surface area contributed by atoms with Gasteiger partial charge in [0.2, 0.25) is 0 Å². The van der Waals surface area contributed by atoms with E-state index in [0.29, 0.717) is 48.3 Å². The average molecular weight is 544 g/mol. The zero-order chi connectivity index (χ0) is 24.6. The normalized spacial score (nSPS) is 13.3. The van der Waals surface area contributed by atoms with Crippen LogP contribution in [0.5, 0.6) is 28.7 Å². The Kier molecular flexibility index (Phi) is 8.74. The van der Waals surface area contributed by atoms with Crippen LogP contribution in [0.3, 0.4) is 0 Å². The van der Waals surface area contributed by atoms with Gasteiger partial charge in [0.1, 0.15) is 31.7 Å². The standard InChI is InChI=1S/C27H30BrNO6/c1-31-21-6-3-18(4-7-21)9-10-29-16-19-13-22(28)27(26(14-19)32-2)35-17-23(30)20-5-8-24-25(15-20)34-12-11-33-24/h3-8,13-15,23,29-30H,9-12,16-17H2,1-2H3. The number of hydrogen-bond donors (Lipinski definition) is 2. The predicted octanol–water partition coefficient (Wildman–Crippen LogP) is 4.68. The van der Waals surface area contributed by atoms with Gasteiger partial charge in [-0.25, -0.2) is 0 Å². The summed E-state index contributed by atoms with van der Waals surface area (Å²) in [6.45, 7) is 2.61. The molecule has 0 spiro atoms. The molecule has 1 unspecified atom stereocenters. The van der Waals surface area contributed by atoms with Gasteiger partial charge >= 0.3 is 0 Å². The van der Waals surface area contributed by atoms with E-state index < -0.39 is 6.10 Å². The third-order valence-electron chi connectivity index (χ3n) is 5.70. The lowest BCUT2D eigenvalue weighted by atomic mass is 10.1. The molecular weight excluding hydrogens is 514 g/mol. The number of fused-ring (bicyclic) bond motifs is 1. The molecule has 0 fully saturated rings. The van der Waals surface area contributed by atoms with Crippen molar-refractivity contribution in [1.82, 2.24) is 5.32 Å². The van der Waals surface area contributed by atoms with Gasteiger partial charge in [-0.15, -0.1) is 0 Å². The highest BCUT2D eigenvalue weighted by Gasteiger charge is 2.18. The molecule has 3 aromatic rings. The lowest BCUT2D eigenvalue weighted by molar-refractivity contribution is 0.105. The fourth-order valence-electron chi connectivity index (χ4n) is 3.80. The van der Waals surface area contributed by atoms with Crippen LogP contribution in [0, 0.1) is 0 Å². The van der Waals surface area contributed by atoms with Crippen LogP contribution in [-0.4, -0.2) is 45.7 Å². The highest BCUT2D eigenvalue weighted by Crippen LogP contribution is 2.38. The summed E-state index contributed by atoms with van der Waals surface area (Å²) in [5.74, 6) is 3.33. The molecule has 4 rings (SSSR count). The van der Waals surface area contributed by atoms with Crippen molar-refractivity contribution in [1.29, 1.82) is 0 Å². The van der Waals surface area contributed by atoms with Crippen molar-refractivity contribution in [3.05, 3.63) is 75.8 Å². The predicted molar refractivity (Wildman–Crippen MR) is 137 cm³/mol. The number of aliphatic hydroxyl groups excluding tert-OH is 1. The van der Waals surface area contributed by atoms with Gasteiger partial charge in [-0.05, 0) is 82.0 Å². The highest BCUT2D eigenvalue weighted by atomic mass is 79.9. The van der Waals surface area contributed by atoms with E-state index in [1.807, 2.05) is 30.3 Å². The fourth-order valence-corrected chi connectivity index (χ4v) is 4.40. The summed E-state index contributed by atoms with van der Waals surface area (Å²) in [6, 6.07) is 17.4. The summed E-state index contributed by atoms with van der Waals surface area (Å²) in [4.78, 5) is 0. The van der Waals surface area contributed by atoms with Crippen LogP contribution in [0.1, 0.15) is 22.8 Å². The van der Waals surface area contributed by atoms with Crippen molar-refractivity contribution in [3.63, 3.8) is 0 Å². The Morgan fingerprint density at radius 2 is 1.71 bits per heavy atom. The Bertz CT molecular complexity index is 1120. The first-order chi connectivity index (χ1) is 17.1. The van der Waals surface area contributed by atoms with Crippen LogP contribution in [0.25, 0.3) is 0 Å². The molecule has 3 aromatic carbocycles.